The summed E-state index contributed by atoms with van der Waals surface area (Å²) in [6.07, 6.45) is -0.100. The van der Waals surface area contributed by atoms with E-state index in [9.17, 15) is 14.7 Å². The van der Waals surface area contributed by atoms with E-state index < -0.39 is 11.6 Å². The van der Waals surface area contributed by atoms with Crippen LogP contribution in [0.4, 0.5) is 0 Å². The molecule has 2 heterocycles. The van der Waals surface area contributed by atoms with Gasteiger partial charge >= 0.3 is 41.2 Å². The molecule has 0 bridgehead atoms. The van der Waals surface area contributed by atoms with Gasteiger partial charge in [0.05, 0.1) is 17.9 Å². The van der Waals surface area contributed by atoms with Crippen LogP contribution in [0, 0.1) is 0 Å². The Morgan fingerprint density at radius 1 is 1.03 bits per heavy atom. The third-order valence-electron chi connectivity index (χ3n) is 3.40. The summed E-state index contributed by atoms with van der Waals surface area (Å²) in [5.41, 5.74) is 0.968. The maximum Gasteiger partial charge on any atom is 1.00 e. The Hall–Kier alpha value is -2.44. The van der Waals surface area contributed by atoms with Gasteiger partial charge in [-0.15, -0.1) is 12.4 Å². The average molecular weight is 463 g/mol. The van der Waals surface area contributed by atoms with Crippen molar-refractivity contribution in [3.63, 3.8) is 0 Å². The predicted molar refractivity (Wildman–Crippen MR) is 109 cm³/mol. The molecule has 0 spiro atoms. The number of carboxylic acids is 1. The molecule has 0 aliphatic heterocycles. The van der Waals surface area contributed by atoms with E-state index in [2.05, 4.69) is 11.1 Å². The van der Waals surface area contributed by atoms with E-state index >= 15 is 0 Å². The van der Waals surface area contributed by atoms with Crippen molar-refractivity contribution in [1.29, 1.82) is 0 Å². The maximum absolute atomic E-state index is 10.8. The second kappa shape index (κ2) is 16.3. The zero-order valence-electron chi connectivity index (χ0n) is 16.7. The van der Waals surface area contributed by atoms with Crippen LogP contribution in [0.2, 0.25) is 0 Å². The molecule has 0 radical (unpaired) electrons. The first-order valence-electron chi connectivity index (χ1n) is 7.98. The van der Waals surface area contributed by atoms with Crippen LogP contribution >= 0.6 is 12.4 Å². The quantitative estimate of drug-likeness (QED) is 0.158. The molecule has 0 aliphatic rings. The SMILES string of the molecule is C[O-].Cl.NO.O=C(O)Cc1noc2ccccc12.O=c1cc(O)c2ccccc2o1.[Na+]. The Bertz CT molecular complexity index is 1120. The standard InChI is InChI=1S/C9H7NO3.C9H6O3.CH3O.ClH.H3NO.Na/c11-9(12)5-7-6-3-1-2-4-8(6)13-10-7;10-7-5-9(11)12-8-4-2-1-3-6(7)8;1-2;;1-2;/h1-4H,5H2,(H,11,12);1-5,10H;1H3;1H;2H,1H2;/q;;-1;;;+1. The Morgan fingerprint density at radius 3 is 2.13 bits per heavy atom. The van der Waals surface area contributed by atoms with E-state index in [1.54, 1.807) is 36.4 Å². The van der Waals surface area contributed by atoms with Crippen molar-refractivity contribution >= 4 is 40.3 Å². The van der Waals surface area contributed by atoms with Crippen molar-refractivity contribution in [2.45, 2.75) is 6.42 Å². The fraction of sp³-hybridized carbons (Fsp3) is 0.105. The number of carbonyl (C=O) groups is 1. The van der Waals surface area contributed by atoms with Gasteiger partial charge in [0.2, 0.25) is 0 Å². The molecular weight excluding hydrogens is 443 g/mol. The summed E-state index contributed by atoms with van der Waals surface area (Å²) in [7, 11) is 0.750. The van der Waals surface area contributed by atoms with Crippen molar-refractivity contribution in [3.8, 4) is 5.75 Å². The number of hydrogen-bond donors (Lipinski definition) is 4. The molecule has 2 aromatic carbocycles. The molecule has 2 aromatic heterocycles. The van der Waals surface area contributed by atoms with E-state index in [1.807, 2.05) is 12.1 Å². The summed E-state index contributed by atoms with van der Waals surface area (Å²) in [4.78, 5) is 21.2. The van der Waals surface area contributed by atoms with Crippen molar-refractivity contribution < 1.29 is 63.8 Å². The van der Waals surface area contributed by atoms with Gasteiger partial charge in [0.1, 0.15) is 17.0 Å². The first-order valence-corrected chi connectivity index (χ1v) is 7.98. The van der Waals surface area contributed by atoms with Crippen LogP contribution in [0.15, 0.2) is 68.3 Å². The molecule has 0 saturated heterocycles. The fourth-order valence-electron chi connectivity index (χ4n) is 2.30. The Labute approximate surface area is 204 Å². The minimum atomic E-state index is -0.904. The topological polar surface area (TPSA) is 183 Å². The van der Waals surface area contributed by atoms with E-state index in [0.29, 0.717) is 22.2 Å². The van der Waals surface area contributed by atoms with Gasteiger partial charge in [0, 0.05) is 5.39 Å². The number of aromatic nitrogens is 1. The molecule has 4 rings (SSSR count). The number of rotatable bonds is 2. The molecule has 0 atom stereocenters. The molecule has 5 N–H and O–H groups in total. The Kier molecular flexibility index (Phi) is 16.1. The average Bonchev–Trinajstić information content (AvgIpc) is 3.14. The number of benzene rings is 2. The number of para-hydroxylation sites is 2. The van der Waals surface area contributed by atoms with Gasteiger partial charge in [-0.3, -0.25) is 4.79 Å². The van der Waals surface area contributed by atoms with Gasteiger partial charge in [-0.1, -0.05) is 29.4 Å². The fourth-order valence-corrected chi connectivity index (χ4v) is 2.30. The number of nitrogens with two attached hydrogens (primary N) is 1. The van der Waals surface area contributed by atoms with Crippen LogP contribution in [-0.2, 0) is 11.2 Å². The molecule has 0 unspecified atom stereocenters. The summed E-state index contributed by atoms with van der Waals surface area (Å²) < 4.78 is 9.76. The minimum Gasteiger partial charge on any atom is -0.857 e. The molecule has 4 aromatic rings. The zero-order chi connectivity index (χ0) is 21.8. The first-order chi connectivity index (χ1) is 14.0. The molecule has 10 nitrogen and oxygen atoms in total. The normalized spacial score (nSPS) is 8.77. The monoisotopic (exact) mass is 462 g/mol. The van der Waals surface area contributed by atoms with Crippen LogP contribution in [0.3, 0.4) is 0 Å². The van der Waals surface area contributed by atoms with Crippen LogP contribution in [-0.4, -0.2) is 33.7 Å². The number of halogens is 1. The zero-order valence-corrected chi connectivity index (χ0v) is 19.5. The van der Waals surface area contributed by atoms with E-state index in [-0.39, 0.29) is 54.1 Å². The van der Waals surface area contributed by atoms with Gasteiger partial charge < -0.3 is 29.5 Å². The number of nitrogens with zero attached hydrogens (tertiary/aromatic N) is 1. The van der Waals surface area contributed by atoms with Gasteiger partial charge in [-0.2, -0.15) is 7.11 Å². The third-order valence-corrected chi connectivity index (χ3v) is 3.40. The maximum atomic E-state index is 10.8. The summed E-state index contributed by atoms with van der Waals surface area (Å²) >= 11 is 0. The van der Waals surface area contributed by atoms with Gasteiger partial charge in [0.25, 0.3) is 0 Å². The first kappa shape index (κ1) is 30.8. The molecule has 162 valence electrons. The summed E-state index contributed by atoms with van der Waals surface area (Å²) in [6.45, 7) is 0. The van der Waals surface area contributed by atoms with Crippen LogP contribution in [0.25, 0.3) is 21.9 Å². The minimum absolute atomic E-state index is 0. The van der Waals surface area contributed by atoms with Crippen LogP contribution < -0.4 is 46.2 Å². The summed E-state index contributed by atoms with van der Waals surface area (Å²) in [6, 6.07) is 15.1. The third kappa shape index (κ3) is 9.07. The second-order valence-corrected chi connectivity index (χ2v) is 5.14. The van der Waals surface area contributed by atoms with Crippen molar-refractivity contribution in [2.75, 3.05) is 7.11 Å². The van der Waals surface area contributed by atoms with Crippen LogP contribution in [0.5, 0.6) is 5.75 Å². The van der Waals surface area contributed by atoms with E-state index in [4.69, 9.17) is 24.4 Å². The molecule has 0 aliphatic carbocycles. The molecule has 12 heteroatoms. The smallest absolute Gasteiger partial charge is 0.857 e. The van der Waals surface area contributed by atoms with Crippen LogP contribution in [0.1, 0.15) is 5.69 Å². The van der Waals surface area contributed by atoms with Crippen molar-refractivity contribution in [3.05, 3.63) is 70.7 Å². The molecular formula is C19H20ClN2NaO8. The molecule has 0 fully saturated rings. The summed E-state index contributed by atoms with van der Waals surface area (Å²) in [5.74, 6) is 2.56. The number of aliphatic carboxylic acids is 1. The Morgan fingerprint density at radius 2 is 1.55 bits per heavy atom. The molecule has 0 amide bonds. The van der Waals surface area contributed by atoms with Crippen molar-refractivity contribution in [2.24, 2.45) is 5.90 Å². The number of hydrogen-bond acceptors (Lipinski definition) is 9. The largest absolute Gasteiger partial charge is 1.00 e. The van der Waals surface area contributed by atoms with Gasteiger partial charge in [0.15, 0.2) is 5.58 Å². The predicted octanol–water partition coefficient (Wildman–Crippen LogP) is -1.31. The number of aromatic hydroxyl groups is 1. The molecule has 31 heavy (non-hydrogen) atoms. The van der Waals surface area contributed by atoms with E-state index in [0.717, 1.165) is 18.6 Å². The van der Waals surface area contributed by atoms with Crippen molar-refractivity contribution in [1.82, 2.24) is 5.16 Å². The second-order valence-electron chi connectivity index (χ2n) is 5.14. The molecule has 0 saturated carbocycles. The number of fused-ring (bicyclic) bond motifs is 2. The number of carboxylic acid groups (broad SMARTS) is 1. The Balaban J connectivity index is 0. The van der Waals surface area contributed by atoms with Gasteiger partial charge in [-0.05, 0) is 24.3 Å². The summed E-state index contributed by atoms with van der Waals surface area (Å²) in [5, 5.41) is 37.6. The van der Waals surface area contributed by atoms with Gasteiger partial charge in [-0.25, -0.2) is 10.7 Å². The van der Waals surface area contributed by atoms with E-state index in [1.165, 1.54) is 0 Å².